The van der Waals surface area contributed by atoms with Gasteiger partial charge in [0.2, 0.25) is 5.88 Å². The van der Waals surface area contributed by atoms with E-state index in [1.807, 2.05) is 13.0 Å². The zero-order valence-corrected chi connectivity index (χ0v) is 11.0. The van der Waals surface area contributed by atoms with Crippen LogP contribution in [0.15, 0.2) is 18.7 Å². The Morgan fingerprint density at radius 3 is 2.79 bits per heavy atom. The van der Waals surface area contributed by atoms with E-state index in [1.54, 1.807) is 19.8 Å². The van der Waals surface area contributed by atoms with Gasteiger partial charge in [0.05, 0.1) is 24.9 Å². The van der Waals surface area contributed by atoms with Gasteiger partial charge in [-0.3, -0.25) is 0 Å². The van der Waals surface area contributed by atoms with Crippen LogP contribution in [0.3, 0.4) is 0 Å². The molecule has 2 aromatic heterocycles. The number of anilines is 1. The first-order valence-corrected chi connectivity index (χ1v) is 6.18. The van der Waals surface area contributed by atoms with E-state index < -0.39 is 0 Å². The molecule has 3 rings (SSSR count). The summed E-state index contributed by atoms with van der Waals surface area (Å²) in [5.74, 6) is 1.59. The Morgan fingerprint density at radius 2 is 2.00 bits per heavy atom. The monoisotopic (exact) mass is 257 g/mol. The van der Waals surface area contributed by atoms with Crippen LogP contribution in [0.25, 0.3) is 0 Å². The molecule has 0 radical (unpaired) electrons. The molecular weight excluding hydrogens is 242 g/mol. The second kappa shape index (κ2) is 4.79. The van der Waals surface area contributed by atoms with Gasteiger partial charge >= 0.3 is 0 Å². The number of hydrogen-bond donors (Lipinski definition) is 0. The number of hydrogen-bond acceptors (Lipinski definition) is 6. The summed E-state index contributed by atoms with van der Waals surface area (Å²) in [6.45, 7) is 3.58. The molecule has 1 aliphatic heterocycles. The van der Waals surface area contributed by atoms with Crippen molar-refractivity contribution >= 4 is 5.82 Å². The summed E-state index contributed by atoms with van der Waals surface area (Å²) >= 11 is 0. The highest BCUT2D eigenvalue weighted by molar-refractivity contribution is 5.45. The van der Waals surface area contributed by atoms with Crippen molar-refractivity contribution in [2.24, 2.45) is 0 Å². The molecule has 0 amide bonds. The average Bonchev–Trinajstić information content (AvgIpc) is 2.46. The number of fused-ring (bicyclic) bond motifs is 1. The van der Waals surface area contributed by atoms with Crippen molar-refractivity contribution in [2.75, 3.05) is 18.6 Å². The SMILES string of the molecule is COc1ncnc2c1CN(c1cc(C)ncn1)CC2. The standard InChI is InChI=1S/C13H15N5O/c1-9-5-12(16-7-14-9)18-4-3-11-10(6-18)13(19-2)17-8-15-11/h5,7-8H,3-4,6H2,1-2H3. The zero-order chi connectivity index (χ0) is 13.2. The molecular formula is C13H15N5O. The second-order valence-electron chi connectivity index (χ2n) is 4.50. The topological polar surface area (TPSA) is 64.0 Å². The smallest absolute Gasteiger partial charge is 0.221 e. The summed E-state index contributed by atoms with van der Waals surface area (Å²) in [6.07, 6.45) is 4.03. The molecule has 6 nitrogen and oxygen atoms in total. The molecule has 98 valence electrons. The number of rotatable bonds is 2. The van der Waals surface area contributed by atoms with Crippen LogP contribution in [-0.4, -0.2) is 33.6 Å². The van der Waals surface area contributed by atoms with Crippen LogP contribution in [0.2, 0.25) is 0 Å². The van der Waals surface area contributed by atoms with Gasteiger partial charge in [-0.05, 0) is 6.92 Å². The fourth-order valence-corrected chi connectivity index (χ4v) is 2.30. The van der Waals surface area contributed by atoms with Crippen LogP contribution in [0.5, 0.6) is 5.88 Å². The summed E-state index contributed by atoms with van der Waals surface area (Å²) in [6, 6.07) is 1.99. The highest BCUT2D eigenvalue weighted by Gasteiger charge is 2.22. The summed E-state index contributed by atoms with van der Waals surface area (Å²) in [5, 5.41) is 0. The fourth-order valence-electron chi connectivity index (χ4n) is 2.30. The molecule has 1 aliphatic rings. The molecule has 2 aromatic rings. The third-order valence-corrected chi connectivity index (χ3v) is 3.27. The van der Waals surface area contributed by atoms with E-state index in [0.717, 1.165) is 42.3 Å². The van der Waals surface area contributed by atoms with Crippen LogP contribution >= 0.6 is 0 Å². The Morgan fingerprint density at radius 1 is 1.16 bits per heavy atom. The Kier molecular flexibility index (Phi) is 2.98. The van der Waals surface area contributed by atoms with Crippen LogP contribution in [0.1, 0.15) is 17.0 Å². The van der Waals surface area contributed by atoms with Crippen molar-refractivity contribution in [1.82, 2.24) is 19.9 Å². The maximum absolute atomic E-state index is 5.31. The Balaban J connectivity index is 1.93. The first-order valence-electron chi connectivity index (χ1n) is 6.18. The van der Waals surface area contributed by atoms with E-state index in [4.69, 9.17) is 4.74 Å². The van der Waals surface area contributed by atoms with Crippen LogP contribution in [0.4, 0.5) is 5.82 Å². The van der Waals surface area contributed by atoms with Crippen molar-refractivity contribution in [3.63, 3.8) is 0 Å². The predicted octanol–water partition coefficient (Wildman–Crippen LogP) is 1.15. The first-order chi connectivity index (χ1) is 9.28. The summed E-state index contributed by atoms with van der Waals surface area (Å²) in [4.78, 5) is 19.1. The molecule has 0 bridgehead atoms. The number of nitrogens with zero attached hydrogens (tertiary/aromatic N) is 5. The highest BCUT2D eigenvalue weighted by atomic mass is 16.5. The van der Waals surface area contributed by atoms with Gasteiger partial charge in [0.25, 0.3) is 0 Å². The highest BCUT2D eigenvalue weighted by Crippen LogP contribution is 2.26. The lowest BCUT2D eigenvalue weighted by atomic mass is 10.1. The van der Waals surface area contributed by atoms with Crippen molar-refractivity contribution in [3.8, 4) is 5.88 Å². The van der Waals surface area contributed by atoms with Crippen molar-refractivity contribution in [1.29, 1.82) is 0 Å². The molecule has 0 spiro atoms. The number of aryl methyl sites for hydroxylation is 1. The number of aromatic nitrogens is 4. The largest absolute Gasteiger partial charge is 0.481 e. The zero-order valence-electron chi connectivity index (χ0n) is 11.0. The average molecular weight is 257 g/mol. The minimum atomic E-state index is 0.653. The Hall–Kier alpha value is -2.24. The Labute approximate surface area is 111 Å². The maximum atomic E-state index is 5.31. The van der Waals surface area contributed by atoms with E-state index in [2.05, 4.69) is 24.8 Å². The third kappa shape index (κ3) is 2.21. The summed E-state index contributed by atoms with van der Waals surface area (Å²) in [7, 11) is 1.64. The molecule has 0 saturated carbocycles. The molecule has 0 aliphatic carbocycles. The van der Waals surface area contributed by atoms with Gasteiger partial charge in [0.15, 0.2) is 0 Å². The lowest BCUT2D eigenvalue weighted by Gasteiger charge is -2.29. The van der Waals surface area contributed by atoms with Gasteiger partial charge in [-0.25, -0.2) is 19.9 Å². The lowest BCUT2D eigenvalue weighted by molar-refractivity contribution is 0.387. The molecule has 0 unspecified atom stereocenters. The second-order valence-corrected chi connectivity index (χ2v) is 4.50. The summed E-state index contributed by atoms with van der Waals surface area (Å²) in [5.41, 5.74) is 3.08. The predicted molar refractivity (Wildman–Crippen MR) is 70.1 cm³/mol. The van der Waals surface area contributed by atoms with E-state index in [-0.39, 0.29) is 0 Å². The Bertz CT molecular complexity index is 587. The van der Waals surface area contributed by atoms with Crippen molar-refractivity contribution < 1.29 is 4.74 Å². The molecule has 19 heavy (non-hydrogen) atoms. The van der Waals surface area contributed by atoms with Crippen LogP contribution < -0.4 is 9.64 Å². The van der Waals surface area contributed by atoms with E-state index >= 15 is 0 Å². The van der Waals surface area contributed by atoms with Gasteiger partial charge in [0, 0.05) is 24.7 Å². The number of ether oxygens (including phenoxy) is 1. The van der Waals surface area contributed by atoms with Crippen LogP contribution in [0, 0.1) is 6.92 Å². The molecule has 0 aromatic carbocycles. The van der Waals surface area contributed by atoms with Crippen LogP contribution in [-0.2, 0) is 13.0 Å². The summed E-state index contributed by atoms with van der Waals surface area (Å²) < 4.78 is 5.31. The number of methoxy groups -OCH3 is 1. The minimum Gasteiger partial charge on any atom is -0.481 e. The van der Waals surface area contributed by atoms with Gasteiger partial charge in [-0.2, -0.15) is 0 Å². The van der Waals surface area contributed by atoms with Gasteiger partial charge < -0.3 is 9.64 Å². The first kappa shape index (κ1) is 11.8. The molecule has 3 heterocycles. The molecule has 0 saturated heterocycles. The fraction of sp³-hybridized carbons (Fsp3) is 0.385. The lowest BCUT2D eigenvalue weighted by Crippen LogP contribution is -2.32. The van der Waals surface area contributed by atoms with E-state index in [9.17, 15) is 0 Å². The van der Waals surface area contributed by atoms with Gasteiger partial charge in [0.1, 0.15) is 18.5 Å². The van der Waals surface area contributed by atoms with E-state index in [0.29, 0.717) is 5.88 Å². The third-order valence-electron chi connectivity index (χ3n) is 3.27. The molecule has 0 atom stereocenters. The van der Waals surface area contributed by atoms with Gasteiger partial charge in [-0.15, -0.1) is 0 Å². The van der Waals surface area contributed by atoms with Gasteiger partial charge in [-0.1, -0.05) is 0 Å². The maximum Gasteiger partial charge on any atom is 0.221 e. The van der Waals surface area contributed by atoms with Crippen molar-refractivity contribution in [2.45, 2.75) is 19.9 Å². The van der Waals surface area contributed by atoms with E-state index in [1.165, 1.54) is 0 Å². The minimum absolute atomic E-state index is 0.653. The van der Waals surface area contributed by atoms with Crippen molar-refractivity contribution in [3.05, 3.63) is 35.7 Å². The molecule has 0 fully saturated rings. The normalized spacial score (nSPS) is 14.1. The quantitative estimate of drug-likeness (QED) is 0.804. The molecule has 0 N–H and O–H groups in total. The molecule has 6 heteroatoms.